The van der Waals surface area contributed by atoms with E-state index in [1.165, 1.54) is 0 Å². The average Bonchev–Trinajstić information content (AvgIpc) is 2.92. The van der Waals surface area contributed by atoms with Gasteiger partial charge < -0.3 is 19.4 Å². The molecule has 0 saturated heterocycles. The van der Waals surface area contributed by atoms with Crippen LogP contribution in [0, 0.1) is 11.3 Å². The predicted molar refractivity (Wildman–Crippen MR) is 69.1 cm³/mol. The Balaban J connectivity index is 2.43. The number of hydrogen-bond acceptors (Lipinski definition) is 5. The minimum atomic E-state index is -0.0530. The van der Waals surface area contributed by atoms with E-state index in [-0.39, 0.29) is 12.5 Å². The molecule has 19 heavy (non-hydrogen) atoms. The number of ether oxygens (including phenoxy) is 1. The van der Waals surface area contributed by atoms with Crippen LogP contribution in [0.2, 0.25) is 0 Å². The van der Waals surface area contributed by atoms with Gasteiger partial charge in [-0.3, -0.25) is 4.79 Å². The summed E-state index contributed by atoms with van der Waals surface area (Å²) < 4.78 is 10.1. The lowest BCUT2D eigenvalue weighted by Crippen LogP contribution is -2.39. The zero-order valence-electron chi connectivity index (χ0n) is 11.1. The van der Waals surface area contributed by atoms with Crippen LogP contribution in [0.25, 0.3) is 0 Å². The number of hydrogen-bond donors (Lipinski definition) is 1. The second-order valence-corrected chi connectivity index (χ2v) is 3.97. The Morgan fingerprint density at radius 1 is 1.63 bits per heavy atom. The van der Waals surface area contributed by atoms with Gasteiger partial charge in [-0.2, -0.15) is 5.26 Å². The lowest BCUT2D eigenvalue weighted by molar-refractivity contribution is -0.131. The maximum absolute atomic E-state index is 12.0. The summed E-state index contributed by atoms with van der Waals surface area (Å²) in [4.78, 5) is 13.6. The van der Waals surface area contributed by atoms with Crippen LogP contribution in [-0.4, -0.2) is 44.2 Å². The molecule has 1 aromatic rings. The highest BCUT2D eigenvalue weighted by Crippen LogP contribution is 2.06. The average molecular weight is 265 g/mol. The third-order valence-electron chi connectivity index (χ3n) is 2.53. The highest BCUT2D eigenvalue weighted by atomic mass is 16.5. The first-order valence-corrected chi connectivity index (χ1v) is 6.14. The van der Waals surface area contributed by atoms with Gasteiger partial charge in [0.05, 0.1) is 38.4 Å². The van der Waals surface area contributed by atoms with Crippen molar-refractivity contribution in [3.05, 3.63) is 24.2 Å². The number of nitrogens with one attached hydrogen (secondary N) is 1. The number of methoxy groups -OCH3 is 1. The number of nitriles is 1. The first-order valence-electron chi connectivity index (χ1n) is 6.14. The van der Waals surface area contributed by atoms with Crippen LogP contribution in [0.4, 0.5) is 0 Å². The van der Waals surface area contributed by atoms with Crippen LogP contribution in [0.1, 0.15) is 12.2 Å². The third kappa shape index (κ3) is 6.04. The van der Waals surface area contributed by atoms with Gasteiger partial charge in [0.2, 0.25) is 5.91 Å². The molecule has 0 saturated carbocycles. The molecule has 0 unspecified atom stereocenters. The minimum Gasteiger partial charge on any atom is -0.467 e. The molecule has 0 radical (unpaired) electrons. The number of nitrogens with zero attached hydrogens (tertiary/aromatic N) is 2. The van der Waals surface area contributed by atoms with Crippen LogP contribution in [0.15, 0.2) is 22.8 Å². The summed E-state index contributed by atoms with van der Waals surface area (Å²) in [5.41, 5.74) is 0. The smallest absolute Gasteiger partial charge is 0.236 e. The van der Waals surface area contributed by atoms with Gasteiger partial charge in [0.1, 0.15) is 5.76 Å². The molecule has 6 nitrogen and oxygen atoms in total. The zero-order chi connectivity index (χ0) is 13.9. The molecule has 0 aliphatic rings. The Morgan fingerprint density at radius 3 is 3.11 bits per heavy atom. The molecule has 1 amide bonds. The van der Waals surface area contributed by atoms with Crippen LogP contribution >= 0.6 is 0 Å². The molecule has 0 atom stereocenters. The first kappa shape index (κ1) is 15.2. The van der Waals surface area contributed by atoms with Crippen LogP contribution < -0.4 is 5.32 Å². The van der Waals surface area contributed by atoms with Gasteiger partial charge in [-0.05, 0) is 12.1 Å². The summed E-state index contributed by atoms with van der Waals surface area (Å²) >= 11 is 0. The van der Waals surface area contributed by atoms with Crippen molar-refractivity contribution in [2.24, 2.45) is 0 Å². The third-order valence-corrected chi connectivity index (χ3v) is 2.53. The second-order valence-electron chi connectivity index (χ2n) is 3.97. The molecule has 0 aliphatic carbocycles. The van der Waals surface area contributed by atoms with E-state index in [4.69, 9.17) is 14.4 Å². The van der Waals surface area contributed by atoms with Gasteiger partial charge in [0.15, 0.2) is 0 Å². The Bertz CT molecular complexity index is 398. The topological polar surface area (TPSA) is 78.5 Å². The number of furan rings is 1. The number of carbonyl (C=O) groups excluding carboxylic acids is 1. The predicted octanol–water partition coefficient (Wildman–Crippen LogP) is 0.758. The van der Waals surface area contributed by atoms with Crippen molar-refractivity contribution >= 4 is 5.91 Å². The SMILES string of the molecule is COCCNCC(=O)N(CCC#N)Cc1ccco1. The molecule has 0 fully saturated rings. The lowest BCUT2D eigenvalue weighted by Gasteiger charge is -2.20. The summed E-state index contributed by atoms with van der Waals surface area (Å²) in [6.07, 6.45) is 1.88. The van der Waals surface area contributed by atoms with E-state index in [1.807, 2.05) is 12.1 Å². The minimum absolute atomic E-state index is 0.0530. The molecule has 1 heterocycles. The van der Waals surface area contributed by atoms with Crippen molar-refractivity contribution in [3.8, 4) is 6.07 Å². The molecule has 104 valence electrons. The van der Waals surface area contributed by atoms with Crippen LogP contribution in [0.5, 0.6) is 0 Å². The van der Waals surface area contributed by atoms with E-state index in [0.29, 0.717) is 38.4 Å². The maximum atomic E-state index is 12.0. The molecule has 1 aromatic heterocycles. The Labute approximate surface area is 112 Å². The van der Waals surface area contributed by atoms with Crippen LogP contribution in [0.3, 0.4) is 0 Å². The van der Waals surface area contributed by atoms with E-state index in [1.54, 1.807) is 24.3 Å². The van der Waals surface area contributed by atoms with E-state index in [2.05, 4.69) is 5.32 Å². The number of amides is 1. The van der Waals surface area contributed by atoms with Gasteiger partial charge in [0.25, 0.3) is 0 Å². The van der Waals surface area contributed by atoms with Crippen molar-refractivity contribution in [2.45, 2.75) is 13.0 Å². The van der Waals surface area contributed by atoms with Gasteiger partial charge >= 0.3 is 0 Å². The standard InChI is InChI=1S/C13H19N3O3/c1-18-9-6-15-10-13(17)16(7-3-5-14)11-12-4-2-8-19-12/h2,4,8,15H,3,6-7,9-11H2,1H3. The highest BCUT2D eigenvalue weighted by molar-refractivity contribution is 5.78. The normalized spacial score (nSPS) is 10.1. The number of rotatable bonds is 9. The lowest BCUT2D eigenvalue weighted by atomic mass is 10.3. The summed E-state index contributed by atoms with van der Waals surface area (Å²) in [7, 11) is 1.61. The molecule has 0 aromatic carbocycles. The fraction of sp³-hybridized carbons (Fsp3) is 0.538. The van der Waals surface area contributed by atoms with Gasteiger partial charge in [0, 0.05) is 20.2 Å². The fourth-order valence-corrected chi connectivity index (χ4v) is 1.55. The van der Waals surface area contributed by atoms with E-state index in [9.17, 15) is 4.79 Å². The van der Waals surface area contributed by atoms with Crippen molar-refractivity contribution in [2.75, 3.05) is 33.4 Å². The van der Waals surface area contributed by atoms with Gasteiger partial charge in [-0.15, -0.1) is 0 Å². The van der Waals surface area contributed by atoms with Crippen molar-refractivity contribution < 1.29 is 13.9 Å². The molecular formula is C13H19N3O3. The Morgan fingerprint density at radius 2 is 2.47 bits per heavy atom. The molecule has 1 N–H and O–H groups in total. The number of carbonyl (C=O) groups is 1. The van der Waals surface area contributed by atoms with Crippen molar-refractivity contribution in [3.63, 3.8) is 0 Å². The fourth-order valence-electron chi connectivity index (χ4n) is 1.55. The van der Waals surface area contributed by atoms with Crippen molar-refractivity contribution in [1.29, 1.82) is 5.26 Å². The van der Waals surface area contributed by atoms with Crippen LogP contribution in [-0.2, 0) is 16.1 Å². The maximum Gasteiger partial charge on any atom is 0.236 e. The van der Waals surface area contributed by atoms with E-state index in [0.717, 1.165) is 0 Å². The van der Waals surface area contributed by atoms with Gasteiger partial charge in [-0.25, -0.2) is 0 Å². The monoisotopic (exact) mass is 265 g/mol. The first-order chi connectivity index (χ1) is 9.27. The summed E-state index contributed by atoms with van der Waals surface area (Å²) in [5.74, 6) is 0.658. The van der Waals surface area contributed by atoms with Crippen molar-refractivity contribution in [1.82, 2.24) is 10.2 Å². The highest BCUT2D eigenvalue weighted by Gasteiger charge is 2.14. The largest absolute Gasteiger partial charge is 0.467 e. The molecule has 6 heteroatoms. The molecule has 0 bridgehead atoms. The quantitative estimate of drug-likeness (QED) is 0.667. The molecular weight excluding hydrogens is 246 g/mol. The Hall–Kier alpha value is -1.84. The molecule has 0 aliphatic heterocycles. The summed E-state index contributed by atoms with van der Waals surface area (Å²) in [5, 5.41) is 11.6. The zero-order valence-corrected chi connectivity index (χ0v) is 11.1. The van der Waals surface area contributed by atoms with Gasteiger partial charge in [-0.1, -0.05) is 0 Å². The van der Waals surface area contributed by atoms with E-state index < -0.39 is 0 Å². The Kier molecular flexibility index (Phi) is 7.32. The molecule has 0 spiro atoms. The summed E-state index contributed by atoms with van der Waals surface area (Å²) in [6, 6.07) is 5.63. The van der Waals surface area contributed by atoms with E-state index >= 15 is 0 Å². The molecule has 1 rings (SSSR count). The second kappa shape index (κ2) is 9.14. The summed E-state index contributed by atoms with van der Waals surface area (Å²) in [6.45, 7) is 2.20.